The quantitative estimate of drug-likeness (QED) is 0.763. The van der Waals surface area contributed by atoms with Crippen molar-refractivity contribution >= 4 is 11.7 Å². The lowest BCUT2D eigenvalue weighted by Gasteiger charge is -2.14. The minimum atomic E-state index is -4.58. The minimum absolute atomic E-state index is 0.501. The molecule has 0 bridgehead atoms. The van der Waals surface area contributed by atoms with E-state index in [9.17, 15) is 22.4 Å². The van der Waals surface area contributed by atoms with Gasteiger partial charge < -0.3 is 10.2 Å². The Labute approximate surface area is 95.0 Å². The number of rotatable bonds is 1. The summed E-state index contributed by atoms with van der Waals surface area (Å²) in [5.41, 5.74) is -1.52. The predicted molar refractivity (Wildman–Crippen MR) is 54.1 cm³/mol. The van der Waals surface area contributed by atoms with Gasteiger partial charge in [-0.25, -0.2) is 9.18 Å². The molecule has 94 valence electrons. The summed E-state index contributed by atoms with van der Waals surface area (Å²) >= 11 is 0. The van der Waals surface area contributed by atoms with E-state index in [2.05, 4.69) is 0 Å². The van der Waals surface area contributed by atoms with Crippen LogP contribution in [0.25, 0.3) is 0 Å². The Morgan fingerprint density at radius 1 is 1.29 bits per heavy atom. The molecule has 0 atom stereocenters. The fraction of sp³-hybridized carbons (Fsp3) is 0.300. The SMILES string of the molecule is CN(C)C(=O)Nc1cc(C(F)(F)F)ccc1F. The second kappa shape index (κ2) is 4.60. The molecular formula is C10H10F4N2O. The monoisotopic (exact) mass is 250 g/mol. The molecule has 2 amide bonds. The van der Waals surface area contributed by atoms with Crippen LogP contribution in [0.5, 0.6) is 0 Å². The second-order valence-corrected chi connectivity index (χ2v) is 3.52. The summed E-state index contributed by atoms with van der Waals surface area (Å²) in [5, 5.41) is 2.03. The standard InChI is InChI=1S/C10H10F4N2O/c1-16(2)9(17)15-8-5-6(10(12,13)14)3-4-7(8)11/h3-5H,1-2H3,(H,15,17). The Hall–Kier alpha value is -1.79. The van der Waals surface area contributed by atoms with Crippen molar-refractivity contribution in [3.8, 4) is 0 Å². The summed E-state index contributed by atoms with van der Waals surface area (Å²) < 4.78 is 50.2. The molecule has 0 aliphatic rings. The highest BCUT2D eigenvalue weighted by molar-refractivity contribution is 5.89. The molecular weight excluding hydrogens is 240 g/mol. The summed E-state index contributed by atoms with van der Waals surface area (Å²) in [7, 11) is 2.78. The molecule has 3 nitrogen and oxygen atoms in total. The topological polar surface area (TPSA) is 32.3 Å². The van der Waals surface area contributed by atoms with E-state index in [-0.39, 0.29) is 0 Å². The van der Waals surface area contributed by atoms with Crippen LogP contribution < -0.4 is 5.32 Å². The molecule has 0 fully saturated rings. The second-order valence-electron chi connectivity index (χ2n) is 3.52. The van der Waals surface area contributed by atoms with Gasteiger partial charge in [0.05, 0.1) is 11.3 Å². The van der Waals surface area contributed by atoms with Gasteiger partial charge >= 0.3 is 12.2 Å². The van der Waals surface area contributed by atoms with E-state index in [1.54, 1.807) is 0 Å². The highest BCUT2D eigenvalue weighted by Gasteiger charge is 2.31. The molecule has 0 spiro atoms. The van der Waals surface area contributed by atoms with E-state index in [1.165, 1.54) is 14.1 Å². The molecule has 0 aliphatic carbocycles. The largest absolute Gasteiger partial charge is 0.416 e. The number of amides is 2. The van der Waals surface area contributed by atoms with Crippen molar-refractivity contribution in [2.75, 3.05) is 19.4 Å². The average molecular weight is 250 g/mol. The third-order valence-electron chi connectivity index (χ3n) is 1.94. The molecule has 0 radical (unpaired) electrons. The number of hydrogen-bond donors (Lipinski definition) is 1. The summed E-state index contributed by atoms with van der Waals surface area (Å²) in [5.74, 6) is -0.923. The van der Waals surface area contributed by atoms with E-state index in [4.69, 9.17) is 0 Å². The molecule has 0 aliphatic heterocycles. The summed E-state index contributed by atoms with van der Waals surface area (Å²) in [6.45, 7) is 0. The molecule has 0 unspecified atom stereocenters. The van der Waals surface area contributed by atoms with Crippen LogP contribution in [0, 0.1) is 5.82 Å². The summed E-state index contributed by atoms with van der Waals surface area (Å²) in [6.07, 6.45) is -4.58. The maximum absolute atomic E-state index is 13.2. The number of halogens is 4. The van der Waals surface area contributed by atoms with Crippen molar-refractivity contribution in [3.63, 3.8) is 0 Å². The van der Waals surface area contributed by atoms with Gasteiger partial charge in [-0.2, -0.15) is 13.2 Å². The van der Waals surface area contributed by atoms with Crippen LogP contribution in [0.4, 0.5) is 28.0 Å². The Kier molecular flexibility index (Phi) is 3.59. The van der Waals surface area contributed by atoms with E-state index in [0.717, 1.165) is 4.90 Å². The Morgan fingerprint density at radius 3 is 2.35 bits per heavy atom. The van der Waals surface area contributed by atoms with Crippen LogP contribution in [0.1, 0.15) is 5.56 Å². The van der Waals surface area contributed by atoms with E-state index < -0.39 is 29.3 Å². The number of carbonyl (C=O) groups excluding carboxylic acids is 1. The Bertz CT molecular complexity index is 429. The van der Waals surface area contributed by atoms with Crippen LogP contribution in [0.15, 0.2) is 18.2 Å². The Morgan fingerprint density at radius 2 is 1.88 bits per heavy atom. The lowest BCUT2D eigenvalue weighted by molar-refractivity contribution is -0.137. The highest BCUT2D eigenvalue weighted by Crippen LogP contribution is 2.31. The van der Waals surface area contributed by atoms with Gasteiger partial charge in [0.15, 0.2) is 0 Å². The number of hydrogen-bond acceptors (Lipinski definition) is 1. The first-order valence-electron chi connectivity index (χ1n) is 4.57. The van der Waals surface area contributed by atoms with Gasteiger partial charge in [0.25, 0.3) is 0 Å². The van der Waals surface area contributed by atoms with Gasteiger partial charge in [-0.1, -0.05) is 0 Å². The number of nitrogens with one attached hydrogen (secondary N) is 1. The normalized spacial score (nSPS) is 11.2. The smallest absolute Gasteiger partial charge is 0.331 e. The first-order chi connectivity index (χ1) is 7.71. The summed E-state index contributed by atoms with van der Waals surface area (Å²) in [6, 6.07) is 1.12. The number of anilines is 1. The molecule has 1 rings (SSSR count). The number of carbonyl (C=O) groups is 1. The summed E-state index contributed by atoms with van der Waals surface area (Å²) in [4.78, 5) is 12.3. The Balaban J connectivity index is 3.03. The van der Waals surface area contributed by atoms with Gasteiger partial charge in [-0.05, 0) is 18.2 Å². The maximum Gasteiger partial charge on any atom is 0.416 e. The third kappa shape index (κ3) is 3.33. The lowest BCUT2D eigenvalue weighted by Crippen LogP contribution is -2.27. The molecule has 0 aromatic heterocycles. The van der Waals surface area contributed by atoms with Crippen LogP contribution in [-0.2, 0) is 6.18 Å². The van der Waals surface area contributed by atoms with Gasteiger partial charge in [-0.15, -0.1) is 0 Å². The van der Waals surface area contributed by atoms with E-state index in [1.807, 2.05) is 5.32 Å². The molecule has 0 saturated heterocycles. The first-order valence-corrected chi connectivity index (χ1v) is 4.57. The minimum Gasteiger partial charge on any atom is -0.331 e. The van der Waals surface area contributed by atoms with Gasteiger partial charge in [0, 0.05) is 14.1 Å². The molecule has 1 N–H and O–H groups in total. The number of benzene rings is 1. The number of urea groups is 1. The fourth-order valence-corrected chi connectivity index (χ4v) is 1.02. The molecule has 0 heterocycles. The number of alkyl halides is 3. The first kappa shape index (κ1) is 13.3. The maximum atomic E-state index is 13.2. The molecule has 1 aromatic rings. The lowest BCUT2D eigenvalue weighted by atomic mass is 10.2. The zero-order valence-electron chi connectivity index (χ0n) is 9.10. The molecule has 7 heteroatoms. The number of nitrogens with zero attached hydrogens (tertiary/aromatic N) is 1. The van der Waals surface area contributed by atoms with Crippen LogP contribution in [-0.4, -0.2) is 25.0 Å². The van der Waals surface area contributed by atoms with Crippen LogP contribution >= 0.6 is 0 Å². The molecule has 1 aromatic carbocycles. The predicted octanol–water partition coefficient (Wildman–Crippen LogP) is 2.94. The van der Waals surface area contributed by atoms with Crippen LogP contribution in [0.2, 0.25) is 0 Å². The van der Waals surface area contributed by atoms with Crippen LogP contribution in [0.3, 0.4) is 0 Å². The van der Waals surface area contributed by atoms with Crippen molar-refractivity contribution in [2.24, 2.45) is 0 Å². The average Bonchev–Trinajstić information content (AvgIpc) is 2.19. The highest BCUT2D eigenvalue weighted by atomic mass is 19.4. The third-order valence-corrected chi connectivity index (χ3v) is 1.94. The molecule has 0 saturated carbocycles. The molecule has 17 heavy (non-hydrogen) atoms. The van der Waals surface area contributed by atoms with Gasteiger partial charge in [-0.3, -0.25) is 0 Å². The fourth-order valence-electron chi connectivity index (χ4n) is 1.02. The van der Waals surface area contributed by atoms with Crippen molar-refractivity contribution in [1.29, 1.82) is 0 Å². The van der Waals surface area contributed by atoms with E-state index >= 15 is 0 Å². The van der Waals surface area contributed by atoms with Crippen molar-refractivity contribution in [1.82, 2.24) is 4.90 Å². The van der Waals surface area contributed by atoms with Crippen molar-refractivity contribution in [3.05, 3.63) is 29.6 Å². The van der Waals surface area contributed by atoms with E-state index in [0.29, 0.717) is 18.2 Å². The van der Waals surface area contributed by atoms with Gasteiger partial charge in [0.1, 0.15) is 5.82 Å². The zero-order chi connectivity index (χ0) is 13.2. The zero-order valence-corrected chi connectivity index (χ0v) is 9.10. The van der Waals surface area contributed by atoms with Gasteiger partial charge in [0.2, 0.25) is 0 Å². The van der Waals surface area contributed by atoms with Crippen molar-refractivity contribution in [2.45, 2.75) is 6.18 Å². The van der Waals surface area contributed by atoms with Crippen molar-refractivity contribution < 1.29 is 22.4 Å².